The summed E-state index contributed by atoms with van der Waals surface area (Å²) in [6.45, 7) is 0. The van der Waals surface area contributed by atoms with Crippen LogP contribution in [0.2, 0.25) is 0 Å². The molecule has 1 heterocycles. The van der Waals surface area contributed by atoms with Crippen molar-refractivity contribution in [2.24, 2.45) is 5.92 Å². The highest BCUT2D eigenvalue weighted by molar-refractivity contribution is 6.04. The quantitative estimate of drug-likeness (QED) is 0.829. The number of carbonyl (C=O) groups excluding carboxylic acids is 2. The van der Waals surface area contributed by atoms with Crippen LogP contribution in [0.3, 0.4) is 0 Å². The Hall–Kier alpha value is -3.15. The largest absolute Gasteiger partial charge is 0.480 e. The Morgan fingerprint density at radius 2 is 1.59 bits per heavy atom. The summed E-state index contributed by atoms with van der Waals surface area (Å²) in [6.07, 6.45) is 4.53. The molecule has 0 bridgehead atoms. The topological polar surface area (TPSA) is 86.7 Å². The molecular weight excluding hydrogens is 368 g/mol. The number of carbonyl (C=O) groups is 3. The lowest BCUT2D eigenvalue weighted by Crippen LogP contribution is -2.46. The van der Waals surface area contributed by atoms with E-state index in [0.29, 0.717) is 23.2 Å². The number of anilines is 1. The lowest BCUT2D eigenvalue weighted by atomic mass is 9.84. The first kappa shape index (κ1) is 19.2. The predicted octanol–water partition coefficient (Wildman–Crippen LogP) is 3.80. The number of likely N-dealkylation sites (tertiary alicyclic amines) is 1. The first-order valence-electron chi connectivity index (χ1n) is 10.1. The van der Waals surface area contributed by atoms with Crippen molar-refractivity contribution in [3.8, 4) is 0 Å². The first-order chi connectivity index (χ1) is 14.0. The van der Waals surface area contributed by atoms with E-state index in [0.717, 1.165) is 25.7 Å². The second kappa shape index (κ2) is 8.07. The van der Waals surface area contributed by atoms with Gasteiger partial charge in [0, 0.05) is 22.9 Å². The number of nitrogens with zero attached hydrogens (tertiary/aromatic N) is 1. The molecule has 1 aliphatic heterocycles. The second-order valence-corrected chi connectivity index (χ2v) is 7.81. The molecule has 1 aliphatic carbocycles. The van der Waals surface area contributed by atoms with Crippen LogP contribution in [-0.4, -0.2) is 39.9 Å². The Labute approximate surface area is 169 Å². The summed E-state index contributed by atoms with van der Waals surface area (Å²) >= 11 is 0. The normalized spacial score (nSPS) is 23.3. The van der Waals surface area contributed by atoms with Crippen LogP contribution >= 0.6 is 0 Å². The van der Waals surface area contributed by atoms with E-state index in [2.05, 4.69) is 5.32 Å². The summed E-state index contributed by atoms with van der Waals surface area (Å²) in [5.74, 6) is -1.12. The molecule has 2 amide bonds. The van der Waals surface area contributed by atoms with Gasteiger partial charge in [-0.3, -0.25) is 9.59 Å². The molecule has 4 rings (SSSR count). The van der Waals surface area contributed by atoms with Gasteiger partial charge in [0.15, 0.2) is 0 Å². The molecule has 0 radical (unpaired) electrons. The molecule has 3 atom stereocenters. The smallest absolute Gasteiger partial charge is 0.326 e. The molecule has 2 aromatic carbocycles. The van der Waals surface area contributed by atoms with Crippen LogP contribution in [0.15, 0.2) is 54.6 Å². The number of nitrogens with one attached hydrogen (secondary N) is 1. The minimum atomic E-state index is -0.931. The van der Waals surface area contributed by atoms with Crippen LogP contribution in [0, 0.1) is 5.92 Å². The fourth-order valence-electron chi connectivity index (χ4n) is 4.61. The van der Waals surface area contributed by atoms with Gasteiger partial charge in [-0.15, -0.1) is 0 Å². The maximum absolute atomic E-state index is 13.1. The molecule has 1 saturated heterocycles. The van der Waals surface area contributed by atoms with Crippen molar-refractivity contribution < 1.29 is 19.5 Å². The Morgan fingerprint density at radius 3 is 2.28 bits per heavy atom. The molecule has 6 nitrogen and oxygen atoms in total. The van der Waals surface area contributed by atoms with Crippen LogP contribution in [-0.2, 0) is 4.79 Å². The van der Waals surface area contributed by atoms with Gasteiger partial charge in [-0.25, -0.2) is 4.79 Å². The Kier molecular flexibility index (Phi) is 5.34. The van der Waals surface area contributed by atoms with Crippen LogP contribution < -0.4 is 5.32 Å². The van der Waals surface area contributed by atoms with E-state index in [1.807, 2.05) is 6.07 Å². The van der Waals surface area contributed by atoms with E-state index in [9.17, 15) is 19.5 Å². The Morgan fingerprint density at radius 1 is 0.897 bits per heavy atom. The van der Waals surface area contributed by atoms with E-state index in [-0.39, 0.29) is 23.8 Å². The van der Waals surface area contributed by atoms with Gasteiger partial charge in [0.2, 0.25) is 0 Å². The lowest BCUT2D eigenvalue weighted by Gasteiger charge is -2.33. The third-order valence-electron chi connectivity index (χ3n) is 6.03. The number of benzene rings is 2. The zero-order valence-electron chi connectivity index (χ0n) is 16.1. The van der Waals surface area contributed by atoms with Crippen molar-refractivity contribution >= 4 is 23.5 Å². The first-order valence-corrected chi connectivity index (χ1v) is 10.1. The highest BCUT2D eigenvalue weighted by atomic mass is 16.4. The molecule has 6 heteroatoms. The van der Waals surface area contributed by atoms with Crippen LogP contribution in [0.1, 0.15) is 52.8 Å². The molecule has 2 aliphatic rings. The van der Waals surface area contributed by atoms with Gasteiger partial charge in [0.25, 0.3) is 11.8 Å². The zero-order valence-corrected chi connectivity index (χ0v) is 16.1. The number of carboxylic acid groups (broad SMARTS) is 1. The van der Waals surface area contributed by atoms with E-state index in [4.69, 9.17) is 0 Å². The van der Waals surface area contributed by atoms with Gasteiger partial charge in [-0.2, -0.15) is 0 Å². The molecule has 3 unspecified atom stereocenters. The number of amides is 2. The number of fused-ring (bicyclic) bond motifs is 1. The molecule has 29 heavy (non-hydrogen) atoms. The van der Waals surface area contributed by atoms with Crippen molar-refractivity contribution in [1.29, 1.82) is 0 Å². The van der Waals surface area contributed by atoms with E-state index in [1.165, 1.54) is 0 Å². The zero-order chi connectivity index (χ0) is 20.4. The molecule has 0 spiro atoms. The van der Waals surface area contributed by atoms with Gasteiger partial charge < -0.3 is 15.3 Å². The number of hydrogen-bond acceptors (Lipinski definition) is 3. The van der Waals surface area contributed by atoms with Crippen LogP contribution in [0.5, 0.6) is 0 Å². The van der Waals surface area contributed by atoms with Crippen LogP contribution in [0.4, 0.5) is 5.69 Å². The predicted molar refractivity (Wildman–Crippen MR) is 109 cm³/mol. The average molecular weight is 392 g/mol. The van der Waals surface area contributed by atoms with E-state index < -0.39 is 12.0 Å². The SMILES string of the molecule is O=C(Nc1ccc(C(=O)N2C(C(=O)O)CC3CCCCC32)cc1)c1ccccc1. The summed E-state index contributed by atoms with van der Waals surface area (Å²) < 4.78 is 0. The van der Waals surface area contributed by atoms with Gasteiger partial charge in [0.05, 0.1) is 0 Å². The minimum absolute atomic E-state index is 0.00908. The lowest BCUT2D eigenvalue weighted by molar-refractivity contribution is -0.141. The van der Waals surface area contributed by atoms with Gasteiger partial charge in [0.1, 0.15) is 6.04 Å². The molecular formula is C23H24N2O4. The number of carboxylic acids is 1. The van der Waals surface area contributed by atoms with Crippen molar-refractivity contribution in [2.75, 3.05) is 5.32 Å². The Balaban J connectivity index is 1.50. The number of hydrogen-bond donors (Lipinski definition) is 2. The van der Waals surface area contributed by atoms with Crippen molar-refractivity contribution in [1.82, 2.24) is 4.90 Å². The fraction of sp³-hybridized carbons (Fsp3) is 0.348. The second-order valence-electron chi connectivity index (χ2n) is 7.81. The number of rotatable bonds is 4. The van der Waals surface area contributed by atoms with Gasteiger partial charge in [-0.1, -0.05) is 31.0 Å². The summed E-state index contributed by atoms with van der Waals surface area (Å²) in [7, 11) is 0. The maximum Gasteiger partial charge on any atom is 0.326 e. The molecule has 1 saturated carbocycles. The maximum atomic E-state index is 13.1. The fourth-order valence-corrected chi connectivity index (χ4v) is 4.61. The summed E-state index contributed by atoms with van der Waals surface area (Å²) in [6, 6.07) is 14.8. The standard InChI is InChI=1S/C23H24N2O4/c26-21(15-6-2-1-3-7-15)24-18-12-10-16(11-13-18)22(27)25-19-9-5-4-8-17(19)14-20(25)23(28)29/h1-3,6-7,10-13,17,19-20H,4-5,8-9,14H2,(H,24,26)(H,28,29). The van der Waals surface area contributed by atoms with Gasteiger partial charge >= 0.3 is 5.97 Å². The monoisotopic (exact) mass is 392 g/mol. The number of aliphatic carboxylic acids is 1. The molecule has 2 N–H and O–H groups in total. The summed E-state index contributed by atoms with van der Waals surface area (Å²) in [5, 5.41) is 12.4. The molecule has 2 fully saturated rings. The van der Waals surface area contributed by atoms with Gasteiger partial charge in [-0.05, 0) is 61.6 Å². The van der Waals surface area contributed by atoms with E-state index in [1.54, 1.807) is 53.4 Å². The van der Waals surface area contributed by atoms with Crippen molar-refractivity contribution in [3.63, 3.8) is 0 Å². The molecule has 2 aromatic rings. The highest BCUT2D eigenvalue weighted by Gasteiger charge is 2.47. The summed E-state index contributed by atoms with van der Waals surface area (Å²) in [4.78, 5) is 38.8. The highest BCUT2D eigenvalue weighted by Crippen LogP contribution is 2.40. The van der Waals surface area contributed by atoms with E-state index >= 15 is 0 Å². The van der Waals surface area contributed by atoms with Crippen LogP contribution in [0.25, 0.3) is 0 Å². The molecule has 0 aromatic heterocycles. The third-order valence-corrected chi connectivity index (χ3v) is 6.03. The van der Waals surface area contributed by atoms with Crippen molar-refractivity contribution in [3.05, 3.63) is 65.7 Å². The van der Waals surface area contributed by atoms with Crippen molar-refractivity contribution in [2.45, 2.75) is 44.2 Å². The Bertz CT molecular complexity index is 910. The molecule has 150 valence electrons. The third kappa shape index (κ3) is 3.88. The average Bonchev–Trinajstić information content (AvgIpc) is 3.14. The minimum Gasteiger partial charge on any atom is -0.480 e. The summed E-state index contributed by atoms with van der Waals surface area (Å²) in [5.41, 5.74) is 1.58.